The molecule has 3 aliphatic rings. The second-order valence-corrected chi connectivity index (χ2v) is 18.1. The van der Waals surface area contributed by atoms with Crippen LogP contribution < -0.4 is 0 Å². The number of likely N-dealkylation sites (N-methyl/N-ethyl adjacent to an activating group) is 1. The van der Waals surface area contributed by atoms with Crippen LogP contribution in [0.25, 0.3) is 11.3 Å². The SMILES string of the molecule is CC[C@H]1OC(=O)[C@H](C)C(=O)[C@H](C)[C@@H](O[C@@H]2O[C@H](C)C[C@H](N(C)C)[C@H]2O)[C@](C)(OC)C[C@@H](C)C(=O)[C@H](C)[C@H]2[C@H](SCCn3ccc(-c4ccncc4)n3)C(=O)O[C@@]21C. The summed E-state index contributed by atoms with van der Waals surface area (Å²) in [5, 5.41) is 15.4. The summed E-state index contributed by atoms with van der Waals surface area (Å²) >= 11 is 1.39. The Labute approximate surface area is 341 Å². The minimum atomic E-state index is -1.36. The minimum Gasteiger partial charge on any atom is -0.458 e. The lowest BCUT2D eigenvalue weighted by molar-refractivity contribution is -0.295. The standard InChI is InChI=1S/C42H62N4O10S/c1-12-31-42(8)32(36(39(51)56-42)57-20-19-46-18-15-29(44-46)28-13-16-43-17-14-28)25(4)33(47)23(2)22-41(7,52-11)37(26(5)34(48)27(6)38(50)54-31)55-40-35(49)30(45(9)10)21-24(3)53-40/h13-18,23-27,30-32,35-37,40,49H,12,19-22H2,1-11H3/t23-,24-,25-,26+,27-,30+,31-,32+,35-,36+,37-,40+,41-,42-/m1/s1. The molecule has 5 rings (SSSR count). The summed E-state index contributed by atoms with van der Waals surface area (Å²) < 4.78 is 33.1. The quantitative estimate of drug-likeness (QED) is 0.261. The Hall–Kier alpha value is -3.21. The van der Waals surface area contributed by atoms with E-state index in [9.17, 15) is 24.3 Å². The molecule has 0 aliphatic carbocycles. The number of aliphatic hydroxyl groups is 1. The molecule has 0 spiro atoms. The molecule has 57 heavy (non-hydrogen) atoms. The fourth-order valence-electron chi connectivity index (χ4n) is 9.18. The number of methoxy groups -OCH3 is 1. The number of nitrogens with zero attached hydrogens (tertiary/aromatic N) is 4. The van der Waals surface area contributed by atoms with Crippen LogP contribution in [0.15, 0.2) is 36.8 Å². The molecule has 14 atom stereocenters. The monoisotopic (exact) mass is 814 g/mol. The molecule has 2 aromatic rings. The predicted octanol–water partition coefficient (Wildman–Crippen LogP) is 4.60. The molecule has 316 valence electrons. The van der Waals surface area contributed by atoms with Gasteiger partial charge in [-0.05, 0) is 79.3 Å². The number of aromatic nitrogens is 3. The number of aryl methyl sites for hydroxylation is 1. The van der Waals surface area contributed by atoms with Gasteiger partial charge in [0.1, 0.15) is 29.2 Å². The summed E-state index contributed by atoms with van der Waals surface area (Å²) in [7, 11) is 5.24. The normalized spacial score (nSPS) is 38.4. The number of hydrogen-bond donors (Lipinski definition) is 1. The third-order valence-electron chi connectivity index (χ3n) is 12.5. The van der Waals surface area contributed by atoms with Gasteiger partial charge in [-0.15, -0.1) is 11.8 Å². The van der Waals surface area contributed by atoms with Gasteiger partial charge in [-0.1, -0.05) is 27.7 Å². The molecular formula is C42H62N4O10S. The first-order valence-corrected chi connectivity index (χ1v) is 21.2. The van der Waals surface area contributed by atoms with E-state index in [1.54, 1.807) is 33.2 Å². The van der Waals surface area contributed by atoms with E-state index in [-0.39, 0.29) is 30.8 Å². The number of fused-ring (bicyclic) bond motifs is 1. The van der Waals surface area contributed by atoms with Crippen molar-refractivity contribution in [2.75, 3.05) is 27.0 Å². The Morgan fingerprint density at radius 2 is 1.68 bits per heavy atom. The van der Waals surface area contributed by atoms with Gasteiger partial charge in [-0.3, -0.25) is 28.8 Å². The number of ether oxygens (including phenoxy) is 5. The number of thioether (sulfide) groups is 1. The molecule has 0 bridgehead atoms. The van der Waals surface area contributed by atoms with Crippen LogP contribution in [0.2, 0.25) is 0 Å². The number of pyridine rings is 1. The van der Waals surface area contributed by atoms with Crippen LogP contribution >= 0.6 is 11.8 Å². The summed E-state index contributed by atoms with van der Waals surface area (Å²) in [6, 6.07) is 5.41. The van der Waals surface area contributed by atoms with Gasteiger partial charge in [0, 0.05) is 73.3 Å². The molecule has 0 radical (unpaired) electrons. The van der Waals surface area contributed by atoms with Crippen molar-refractivity contribution < 1.29 is 48.0 Å². The zero-order valence-corrected chi connectivity index (χ0v) is 36.1. The first kappa shape index (κ1) is 44.9. The second-order valence-electron chi connectivity index (χ2n) is 16.8. The number of ketones is 2. The van der Waals surface area contributed by atoms with Gasteiger partial charge >= 0.3 is 11.9 Å². The maximum absolute atomic E-state index is 14.7. The molecular weight excluding hydrogens is 753 g/mol. The Balaban J connectivity index is 1.47. The first-order valence-electron chi connectivity index (χ1n) is 20.1. The van der Waals surface area contributed by atoms with E-state index in [1.165, 1.54) is 25.8 Å². The summed E-state index contributed by atoms with van der Waals surface area (Å²) in [4.78, 5) is 62.9. The number of hydrogen-bond acceptors (Lipinski definition) is 14. The van der Waals surface area contributed by atoms with Gasteiger partial charge in [0.25, 0.3) is 0 Å². The smallest absolute Gasteiger partial charge is 0.320 e. The Bertz CT molecular complexity index is 1730. The highest BCUT2D eigenvalue weighted by Crippen LogP contribution is 2.49. The number of cyclic esters (lactones) is 1. The molecule has 0 unspecified atom stereocenters. The lowest BCUT2D eigenvalue weighted by Gasteiger charge is -2.47. The van der Waals surface area contributed by atoms with Crippen molar-refractivity contribution in [3.8, 4) is 11.3 Å². The predicted molar refractivity (Wildman–Crippen MR) is 214 cm³/mol. The Morgan fingerprint density at radius 3 is 2.32 bits per heavy atom. The lowest BCUT2D eigenvalue weighted by atomic mass is 9.70. The van der Waals surface area contributed by atoms with Gasteiger partial charge in [-0.25, -0.2) is 0 Å². The summed E-state index contributed by atoms with van der Waals surface area (Å²) in [5.74, 6) is -5.56. The molecule has 2 aromatic heterocycles. The van der Waals surface area contributed by atoms with Gasteiger partial charge in [0.05, 0.1) is 23.5 Å². The lowest BCUT2D eigenvalue weighted by Crippen LogP contribution is -2.59. The van der Waals surface area contributed by atoms with Crippen LogP contribution in [-0.2, 0) is 49.4 Å². The molecule has 3 aliphatic heterocycles. The zero-order valence-electron chi connectivity index (χ0n) is 35.2. The van der Waals surface area contributed by atoms with Gasteiger partial charge in [0.2, 0.25) is 0 Å². The summed E-state index contributed by atoms with van der Waals surface area (Å²) in [5.41, 5.74) is -0.890. The molecule has 14 nitrogen and oxygen atoms in total. The van der Waals surface area contributed by atoms with Crippen molar-refractivity contribution in [1.29, 1.82) is 0 Å². The summed E-state index contributed by atoms with van der Waals surface area (Å²) in [6.07, 6.45) is 1.87. The van der Waals surface area contributed by atoms with Gasteiger partial charge in [-0.2, -0.15) is 5.10 Å². The maximum atomic E-state index is 14.7. The van der Waals surface area contributed by atoms with E-state index in [1.807, 2.05) is 75.8 Å². The number of carbonyl (C=O) groups is 4. The third kappa shape index (κ3) is 9.33. The first-order chi connectivity index (χ1) is 26.9. The molecule has 1 N–H and O–H groups in total. The maximum Gasteiger partial charge on any atom is 0.320 e. The van der Waals surface area contributed by atoms with Crippen molar-refractivity contribution >= 4 is 35.3 Å². The van der Waals surface area contributed by atoms with Gasteiger partial charge < -0.3 is 33.7 Å². The number of rotatable bonds is 10. The number of Topliss-reactive ketones (excluding diaryl/α,β-unsaturated/α-hetero) is 2. The molecule has 15 heteroatoms. The van der Waals surface area contributed by atoms with Crippen LogP contribution in [0.4, 0.5) is 0 Å². The molecule has 0 aromatic carbocycles. The third-order valence-corrected chi connectivity index (χ3v) is 13.8. The van der Waals surface area contributed by atoms with Crippen molar-refractivity contribution in [3.63, 3.8) is 0 Å². The number of aliphatic hydroxyl groups excluding tert-OH is 1. The minimum absolute atomic E-state index is 0.132. The topological polar surface area (TPSA) is 169 Å². The van der Waals surface area contributed by atoms with Crippen LogP contribution in [-0.4, -0.2) is 128 Å². The van der Waals surface area contributed by atoms with Crippen LogP contribution in [0.5, 0.6) is 0 Å². The van der Waals surface area contributed by atoms with E-state index in [0.717, 1.165) is 11.3 Å². The van der Waals surface area contributed by atoms with E-state index >= 15 is 0 Å². The summed E-state index contributed by atoms with van der Waals surface area (Å²) in [6.45, 7) is 14.5. The van der Waals surface area contributed by atoms with Crippen molar-refractivity contribution in [1.82, 2.24) is 19.7 Å². The largest absolute Gasteiger partial charge is 0.458 e. The molecule has 5 heterocycles. The van der Waals surface area contributed by atoms with E-state index in [4.69, 9.17) is 28.8 Å². The van der Waals surface area contributed by atoms with Crippen molar-refractivity contribution in [2.24, 2.45) is 29.6 Å². The van der Waals surface area contributed by atoms with E-state index in [0.29, 0.717) is 18.7 Å². The highest BCUT2D eigenvalue weighted by molar-refractivity contribution is 8.00. The highest BCUT2D eigenvalue weighted by Gasteiger charge is 2.61. The van der Waals surface area contributed by atoms with Crippen LogP contribution in [0.3, 0.4) is 0 Å². The zero-order chi connectivity index (χ0) is 42.0. The molecule has 0 saturated carbocycles. The number of esters is 2. The molecule has 0 amide bonds. The van der Waals surface area contributed by atoms with E-state index in [2.05, 4.69) is 4.98 Å². The van der Waals surface area contributed by atoms with Crippen molar-refractivity contribution in [2.45, 2.75) is 134 Å². The molecule has 3 fully saturated rings. The van der Waals surface area contributed by atoms with Crippen LogP contribution in [0.1, 0.15) is 74.7 Å². The fourth-order valence-corrected chi connectivity index (χ4v) is 10.6. The highest BCUT2D eigenvalue weighted by atomic mass is 32.2. The van der Waals surface area contributed by atoms with Crippen LogP contribution in [0, 0.1) is 29.6 Å². The van der Waals surface area contributed by atoms with Gasteiger partial charge in [0.15, 0.2) is 17.7 Å². The average molecular weight is 815 g/mol. The van der Waals surface area contributed by atoms with E-state index < -0.39 is 88.4 Å². The Morgan fingerprint density at radius 1 is 1.00 bits per heavy atom. The second kappa shape index (κ2) is 18.4. The molecule has 3 saturated heterocycles. The Kier molecular flexibility index (Phi) is 14.5. The average Bonchev–Trinajstić information content (AvgIpc) is 3.76. The van der Waals surface area contributed by atoms with Crippen molar-refractivity contribution in [3.05, 3.63) is 36.8 Å². The fraction of sp³-hybridized carbons (Fsp3) is 0.714. The number of carbonyl (C=O) groups excluding carboxylic acids is 4.